The van der Waals surface area contributed by atoms with E-state index in [1.54, 1.807) is 11.3 Å². The minimum atomic E-state index is 0.563. The Hall–Kier alpha value is -0.700. The highest BCUT2D eigenvalue weighted by atomic mass is 32.1. The van der Waals surface area contributed by atoms with Crippen LogP contribution >= 0.6 is 11.3 Å². The van der Waals surface area contributed by atoms with Crippen molar-refractivity contribution in [2.24, 2.45) is 4.99 Å². The summed E-state index contributed by atoms with van der Waals surface area (Å²) in [6.45, 7) is 2.08. The maximum absolute atomic E-state index is 4.74. The predicted octanol–water partition coefficient (Wildman–Crippen LogP) is 3.28. The van der Waals surface area contributed by atoms with E-state index in [-0.39, 0.29) is 0 Å². The van der Waals surface area contributed by atoms with Gasteiger partial charge in [0.25, 0.3) is 0 Å². The van der Waals surface area contributed by atoms with Crippen LogP contribution in [0.2, 0.25) is 0 Å². The molecule has 0 unspecified atom stereocenters. The van der Waals surface area contributed by atoms with Crippen LogP contribution in [0.1, 0.15) is 44.0 Å². The highest BCUT2D eigenvalue weighted by Gasteiger charge is 2.12. The second-order valence-electron chi connectivity index (χ2n) is 3.84. The van der Waals surface area contributed by atoms with Crippen molar-refractivity contribution in [3.05, 3.63) is 16.6 Å². The lowest BCUT2D eigenvalue weighted by Crippen LogP contribution is -2.12. The average molecular weight is 208 g/mol. The molecular weight excluding hydrogens is 192 g/mol. The fraction of sp³-hybridized carbons (Fsp3) is 0.636. The van der Waals surface area contributed by atoms with Gasteiger partial charge in [0.2, 0.25) is 0 Å². The molecule has 0 saturated heterocycles. The Balaban J connectivity index is 2.02. The first-order valence-electron chi connectivity index (χ1n) is 5.30. The first-order chi connectivity index (χ1) is 6.86. The van der Waals surface area contributed by atoms with Gasteiger partial charge in [-0.3, -0.25) is 4.99 Å². The highest BCUT2D eigenvalue weighted by molar-refractivity contribution is 7.11. The Labute approximate surface area is 89.1 Å². The standard InChI is InChI=1S/C11H16N2S/c1-9(11-12-7-8-14-11)13-10-5-3-2-4-6-10/h7-8,10H,2-6H2,1H3. The van der Waals surface area contributed by atoms with Crippen LogP contribution in [0.4, 0.5) is 0 Å². The second-order valence-corrected chi connectivity index (χ2v) is 4.74. The van der Waals surface area contributed by atoms with Gasteiger partial charge < -0.3 is 0 Å². The third-order valence-corrected chi connectivity index (χ3v) is 3.57. The molecule has 2 nitrogen and oxygen atoms in total. The van der Waals surface area contributed by atoms with E-state index in [0.717, 1.165) is 10.7 Å². The minimum absolute atomic E-state index is 0.563. The molecule has 0 aliphatic heterocycles. The maximum atomic E-state index is 4.74. The fourth-order valence-corrected chi connectivity index (χ4v) is 2.54. The van der Waals surface area contributed by atoms with Gasteiger partial charge in [0.15, 0.2) is 0 Å². The molecular formula is C11H16N2S. The summed E-state index contributed by atoms with van der Waals surface area (Å²) in [5.41, 5.74) is 1.12. The summed E-state index contributed by atoms with van der Waals surface area (Å²) in [5, 5.41) is 3.09. The van der Waals surface area contributed by atoms with Crippen LogP contribution in [-0.2, 0) is 0 Å². The molecule has 1 aliphatic carbocycles. The lowest BCUT2D eigenvalue weighted by Gasteiger charge is -2.17. The molecule has 0 bridgehead atoms. The molecule has 1 fully saturated rings. The third-order valence-electron chi connectivity index (χ3n) is 2.69. The molecule has 0 aromatic carbocycles. The van der Waals surface area contributed by atoms with E-state index < -0.39 is 0 Å². The van der Waals surface area contributed by atoms with Crippen molar-refractivity contribution in [2.75, 3.05) is 0 Å². The summed E-state index contributed by atoms with van der Waals surface area (Å²) in [6.07, 6.45) is 8.46. The Morgan fingerprint density at radius 3 is 2.86 bits per heavy atom. The van der Waals surface area contributed by atoms with Crippen molar-refractivity contribution in [3.63, 3.8) is 0 Å². The summed E-state index contributed by atoms with van der Waals surface area (Å²) in [5.74, 6) is 0. The fourth-order valence-electron chi connectivity index (χ4n) is 1.94. The van der Waals surface area contributed by atoms with E-state index >= 15 is 0 Å². The first-order valence-corrected chi connectivity index (χ1v) is 6.18. The van der Waals surface area contributed by atoms with Crippen LogP contribution in [0.15, 0.2) is 16.6 Å². The number of aromatic nitrogens is 1. The van der Waals surface area contributed by atoms with Gasteiger partial charge in [0.05, 0.1) is 11.8 Å². The van der Waals surface area contributed by atoms with Crippen LogP contribution in [0.25, 0.3) is 0 Å². The summed E-state index contributed by atoms with van der Waals surface area (Å²) in [7, 11) is 0. The van der Waals surface area contributed by atoms with Gasteiger partial charge in [-0.05, 0) is 19.8 Å². The van der Waals surface area contributed by atoms with Crippen molar-refractivity contribution in [3.8, 4) is 0 Å². The lowest BCUT2D eigenvalue weighted by atomic mass is 9.96. The second kappa shape index (κ2) is 4.69. The molecule has 3 heteroatoms. The predicted molar refractivity (Wildman–Crippen MR) is 61.2 cm³/mol. The average Bonchev–Trinajstić information content (AvgIpc) is 2.72. The SMILES string of the molecule is CC(=NC1CCCCC1)c1nccs1. The van der Waals surface area contributed by atoms with Crippen molar-refractivity contribution in [1.82, 2.24) is 4.98 Å². The molecule has 1 saturated carbocycles. The maximum Gasteiger partial charge on any atom is 0.136 e. The van der Waals surface area contributed by atoms with E-state index in [9.17, 15) is 0 Å². The van der Waals surface area contributed by atoms with Gasteiger partial charge in [-0.25, -0.2) is 4.98 Å². The van der Waals surface area contributed by atoms with Crippen molar-refractivity contribution in [2.45, 2.75) is 45.1 Å². The third kappa shape index (κ3) is 2.41. The molecule has 1 aliphatic rings. The van der Waals surface area contributed by atoms with E-state index in [2.05, 4.69) is 11.9 Å². The number of thiazole rings is 1. The van der Waals surface area contributed by atoms with Gasteiger partial charge in [-0.1, -0.05) is 19.3 Å². The molecule has 0 radical (unpaired) electrons. The molecule has 1 aromatic rings. The van der Waals surface area contributed by atoms with Crippen molar-refractivity contribution in [1.29, 1.82) is 0 Å². The molecule has 1 aromatic heterocycles. The summed E-state index contributed by atoms with van der Waals surface area (Å²) in [6, 6.07) is 0.563. The molecule has 1 heterocycles. The minimum Gasteiger partial charge on any atom is -0.284 e. The zero-order valence-electron chi connectivity index (χ0n) is 8.57. The van der Waals surface area contributed by atoms with Crippen LogP contribution in [-0.4, -0.2) is 16.7 Å². The lowest BCUT2D eigenvalue weighted by molar-refractivity contribution is 0.443. The Morgan fingerprint density at radius 1 is 1.43 bits per heavy atom. The number of aliphatic imine (C=N–C) groups is 1. The molecule has 2 rings (SSSR count). The monoisotopic (exact) mass is 208 g/mol. The molecule has 0 atom stereocenters. The zero-order valence-corrected chi connectivity index (χ0v) is 9.39. The summed E-state index contributed by atoms with van der Waals surface area (Å²) < 4.78 is 0. The normalized spacial score (nSPS) is 19.9. The van der Waals surface area contributed by atoms with Gasteiger partial charge in [0.1, 0.15) is 5.01 Å². The molecule has 14 heavy (non-hydrogen) atoms. The smallest absolute Gasteiger partial charge is 0.136 e. The van der Waals surface area contributed by atoms with Crippen LogP contribution in [0.3, 0.4) is 0 Å². The number of nitrogens with zero attached hydrogens (tertiary/aromatic N) is 2. The molecule has 0 amide bonds. The van der Waals surface area contributed by atoms with E-state index in [1.165, 1.54) is 32.1 Å². The number of hydrogen-bond donors (Lipinski definition) is 0. The molecule has 0 N–H and O–H groups in total. The van der Waals surface area contributed by atoms with E-state index in [0.29, 0.717) is 6.04 Å². The van der Waals surface area contributed by atoms with Gasteiger partial charge in [-0.15, -0.1) is 11.3 Å². The quantitative estimate of drug-likeness (QED) is 0.685. The Morgan fingerprint density at radius 2 is 2.21 bits per heavy atom. The Bertz CT molecular complexity index is 297. The molecule has 0 spiro atoms. The van der Waals surface area contributed by atoms with Crippen LogP contribution in [0.5, 0.6) is 0 Å². The molecule has 76 valence electrons. The van der Waals surface area contributed by atoms with E-state index in [4.69, 9.17) is 4.99 Å². The van der Waals surface area contributed by atoms with Gasteiger partial charge in [0, 0.05) is 11.6 Å². The van der Waals surface area contributed by atoms with Crippen LogP contribution in [0, 0.1) is 0 Å². The van der Waals surface area contributed by atoms with Crippen LogP contribution < -0.4 is 0 Å². The summed E-state index contributed by atoms with van der Waals surface area (Å²) >= 11 is 1.68. The Kier molecular flexibility index (Phi) is 3.30. The van der Waals surface area contributed by atoms with Crippen molar-refractivity contribution < 1.29 is 0 Å². The number of rotatable bonds is 2. The van der Waals surface area contributed by atoms with Crippen molar-refractivity contribution >= 4 is 17.0 Å². The topological polar surface area (TPSA) is 25.2 Å². The van der Waals surface area contributed by atoms with Gasteiger partial charge in [-0.2, -0.15) is 0 Å². The zero-order chi connectivity index (χ0) is 9.80. The van der Waals surface area contributed by atoms with E-state index in [1.807, 2.05) is 11.6 Å². The number of hydrogen-bond acceptors (Lipinski definition) is 3. The van der Waals surface area contributed by atoms with Gasteiger partial charge >= 0.3 is 0 Å². The summed E-state index contributed by atoms with van der Waals surface area (Å²) in [4.78, 5) is 9.01. The highest BCUT2D eigenvalue weighted by Crippen LogP contribution is 2.21. The largest absolute Gasteiger partial charge is 0.284 e. The first kappa shape index (κ1) is 9.84.